The summed E-state index contributed by atoms with van der Waals surface area (Å²) in [5.41, 5.74) is 0. The number of ether oxygens (including phenoxy) is 2. The van der Waals surface area contributed by atoms with Gasteiger partial charge in [-0.15, -0.1) is 0 Å². The van der Waals surface area contributed by atoms with Gasteiger partial charge in [0.1, 0.15) is 0 Å². The zero-order valence-corrected chi connectivity index (χ0v) is 8.73. The van der Waals surface area contributed by atoms with Crippen LogP contribution in [0.2, 0.25) is 0 Å². The molecule has 0 bridgehead atoms. The number of rotatable bonds is 6. The van der Waals surface area contributed by atoms with Crippen LogP contribution in [0.1, 0.15) is 20.8 Å². The summed E-state index contributed by atoms with van der Waals surface area (Å²) >= 11 is 0. The summed E-state index contributed by atoms with van der Waals surface area (Å²) in [6, 6.07) is 0. The Balaban J connectivity index is 0. The lowest BCUT2D eigenvalue weighted by atomic mass is 10.5. The van der Waals surface area contributed by atoms with Crippen molar-refractivity contribution in [2.24, 2.45) is 0 Å². The second kappa shape index (κ2) is 12.2. The molecule has 0 aliphatic heterocycles. The molecular weight excluding hydrogens is 191 g/mol. The van der Waals surface area contributed by atoms with Gasteiger partial charge in [0.25, 0.3) is 0 Å². The van der Waals surface area contributed by atoms with Crippen LogP contribution in [0.3, 0.4) is 0 Å². The maximum absolute atomic E-state index is 11.1. The third-order valence-electron chi connectivity index (χ3n) is 1.06. The number of carbonyl (C=O) groups is 2. The van der Waals surface area contributed by atoms with Gasteiger partial charge in [0.2, 0.25) is 6.17 Å². The Morgan fingerprint density at radius 3 is 1.64 bits per heavy atom. The van der Waals surface area contributed by atoms with Gasteiger partial charge in [0.05, 0.1) is 0 Å². The van der Waals surface area contributed by atoms with Crippen molar-refractivity contribution in [2.75, 3.05) is 13.2 Å². The molecule has 0 aliphatic carbocycles. The van der Waals surface area contributed by atoms with Crippen molar-refractivity contribution in [3.05, 3.63) is 0 Å². The van der Waals surface area contributed by atoms with E-state index >= 15 is 0 Å². The van der Waals surface area contributed by atoms with E-state index in [1.54, 1.807) is 0 Å². The molecule has 0 aliphatic rings. The van der Waals surface area contributed by atoms with Crippen molar-refractivity contribution >= 4 is 12.6 Å². The number of aldehydes is 2. The van der Waals surface area contributed by atoms with Gasteiger partial charge in [-0.25, -0.2) is 4.39 Å². The fraction of sp³-hybridized carbons (Fsp3) is 0.778. The third-order valence-corrected chi connectivity index (χ3v) is 1.06. The number of hydrogen-bond acceptors (Lipinski definition) is 4. The lowest BCUT2D eigenvalue weighted by molar-refractivity contribution is -0.123. The van der Waals surface area contributed by atoms with Gasteiger partial charge in [-0.05, 0) is 20.8 Å². The summed E-state index contributed by atoms with van der Waals surface area (Å²) in [7, 11) is 0. The maximum atomic E-state index is 11.1. The third kappa shape index (κ3) is 13.8. The highest BCUT2D eigenvalue weighted by atomic mass is 19.1. The van der Waals surface area contributed by atoms with Crippen LogP contribution in [-0.2, 0) is 19.1 Å². The molecule has 0 rings (SSSR count). The monoisotopic (exact) mass is 208 g/mol. The van der Waals surface area contributed by atoms with Gasteiger partial charge in [0, 0.05) is 13.2 Å². The molecule has 14 heavy (non-hydrogen) atoms. The molecule has 0 amide bonds. The molecule has 0 radical (unpaired) electrons. The summed E-state index contributed by atoms with van der Waals surface area (Å²) in [5, 5.41) is 0. The Morgan fingerprint density at radius 1 is 1.14 bits per heavy atom. The lowest BCUT2D eigenvalue weighted by Gasteiger charge is -2.09. The van der Waals surface area contributed by atoms with Gasteiger partial charge in [-0.2, -0.15) is 0 Å². The molecule has 0 aromatic carbocycles. The maximum Gasteiger partial charge on any atom is 0.210 e. The first-order valence-corrected chi connectivity index (χ1v) is 4.40. The smallest absolute Gasteiger partial charge is 0.210 e. The zero-order chi connectivity index (χ0) is 11.4. The van der Waals surface area contributed by atoms with Crippen LogP contribution in [0.25, 0.3) is 0 Å². The normalized spacial score (nSPS) is 9.57. The Hall–Kier alpha value is -0.810. The summed E-state index contributed by atoms with van der Waals surface area (Å²) in [5.74, 6) is 0. The van der Waals surface area contributed by atoms with Crippen molar-refractivity contribution in [3.8, 4) is 0 Å². The van der Waals surface area contributed by atoms with Crippen LogP contribution in [-0.4, -0.2) is 38.2 Å². The second-order valence-electron chi connectivity index (χ2n) is 2.19. The van der Waals surface area contributed by atoms with Crippen molar-refractivity contribution in [2.45, 2.75) is 33.2 Å². The molecule has 0 saturated heterocycles. The van der Waals surface area contributed by atoms with Crippen LogP contribution < -0.4 is 0 Å². The van der Waals surface area contributed by atoms with E-state index in [-0.39, 0.29) is 18.9 Å². The minimum atomic E-state index is -1.93. The van der Waals surface area contributed by atoms with Crippen molar-refractivity contribution in [3.63, 3.8) is 0 Å². The van der Waals surface area contributed by atoms with Crippen LogP contribution in [0.5, 0.6) is 0 Å². The van der Waals surface area contributed by atoms with E-state index in [0.717, 1.165) is 13.2 Å². The van der Waals surface area contributed by atoms with E-state index in [9.17, 15) is 4.39 Å². The number of carbonyl (C=O) groups excluding carboxylic acids is 2. The van der Waals surface area contributed by atoms with E-state index < -0.39 is 6.17 Å². The number of alkyl halides is 1. The second-order valence-corrected chi connectivity index (χ2v) is 2.19. The average Bonchev–Trinajstić information content (AvgIpc) is 2.18. The molecule has 4 nitrogen and oxygen atoms in total. The van der Waals surface area contributed by atoms with Gasteiger partial charge >= 0.3 is 0 Å². The van der Waals surface area contributed by atoms with Gasteiger partial charge in [-0.1, -0.05) is 0 Å². The van der Waals surface area contributed by atoms with Gasteiger partial charge in [0.15, 0.2) is 18.9 Å². The van der Waals surface area contributed by atoms with Gasteiger partial charge in [-0.3, -0.25) is 9.59 Å². The van der Waals surface area contributed by atoms with Crippen molar-refractivity contribution in [1.29, 1.82) is 0 Å². The zero-order valence-electron chi connectivity index (χ0n) is 8.73. The van der Waals surface area contributed by atoms with E-state index in [1.807, 2.05) is 20.8 Å². The first-order chi connectivity index (χ1) is 6.62. The van der Waals surface area contributed by atoms with Crippen LogP contribution in [0.15, 0.2) is 0 Å². The van der Waals surface area contributed by atoms with E-state index in [0.29, 0.717) is 0 Å². The summed E-state index contributed by atoms with van der Waals surface area (Å²) in [6.45, 7) is 7.25. The number of hydrogen-bond donors (Lipinski definition) is 0. The minimum Gasteiger partial charge on any atom is -0.353 e. The average molecular weight is 208 g/mol. The highest BCUT2D eigenvalue weighted by Gasteiger charge is 1.95. The van der Waals surface area contributed by atoms with Gasteiger partial charge < -0.3 is 9.47 Å². The fourth-order valence-electron chi connectivity index (χ4n) is 0.550. The van der Waals surface area contributed by atoms with E-state index in [1.165, 1.54) is 0 Å². The quantitative estimate of drug-likeness (QED) is 0.373. The Labute approximate surface area is 83.4 Å². The molecule has 0 unspecified atom stereocenters. The molecule has 0 spiro atoms. The summed E-state index contributed by atoms with van der Waals surface area (Å²) in [4.78, 5) is 18.3. The number of halogens is 1. The molecule has 84 valence electrons. The first kappa shape index (κ1) is 15.7. The topological polar surface area (TPSA) is 52.6 Å². The standard InChI is InChI=1S/C6H14O2.C3H3FO2/c1-4-7-6(3)8-5-2;4-3(1-5)2-6/h6H,4-5H2,1-3H3;1-3H. The van der Waals surface area contributed by atoms with E-state index in [2.05, 4.69) is 0 Å². The van der Waals surface area contributed by atoms with Crippen molar-refractivity contribution < 1.29 is 23.5 Å². The Kier molecular flexibility index (Phi) is 13.6. The van der Waals surface area contributed by atoms with Crippen LogP contribution in [0, 0.1) is 0 Å². The Bertz CT molecular complexity index is 127. The highest BCUT2D eigenvalue weighted by Crippen LogP contribution is 1.90. The highest BCUT2D eigenvalue weighted by molar-refractivity contribution is 5.80. The van der Waals surface area contributed by atoms with Crippen LogP contribution >= 0.6 is 0 Å². The molecule has 5 heteroatoms. The minimum absolute atomic E-state index is 0.0370. The molecule has 0 aromatic heterocycles. The molecule has 0 heterocycles. The van der Waals surface area contributed by atoms with Crippen molar-refractivity contribution in [1.82, 2.24) is 0 Å². The largest absolute Gasteiger partial charge is 0.353 e. The molecule has 0 saturated carbocycles. The fourth-order valence-corrected chi connectivity index (χ4v) is 0.550. The van der Waals surface area contributed by atoms with E-state index in [4.69, 9.17) is 19.1 Å². The molecule has 0 aromatic rings. The summed E-state index contributed by atoms with van der Waals surface area (Å²) < 4.78 is 21.2. The van der Waals surface area contributed by atoms with Crippen LogP contribution in [0.4, 0.5) is 4.39 Å². The molecular formula is C9H17FO4. The molecule has 0 atom stereocenters. The SMILES string of the molecule is CCOC(C)OCC.O=CC(F)C=O. The first-order valence-electron chi connectivity index (χ1n) is 4.40. The molecule has 0 N–H and O–H groups in total. The predicted octanol–water partition coefficient (Wildman–Crippen LogP) is 1.13. The lowest BCUT2D eigenvalue weighted by Crippen LogP contribution is -2.11. The molecule has 0 fully saturated rings. The Morgan fingerprint density at radius 2 is 1.50 bits per heavy atom. The predicted molar refractivity (Wildman–Crippen MR) is 49.7 cm³/mol. The summed E-state index contributed by atoms with van der Waals surface area (Å²) in [6.07, 6.45) is -2.09.